The summed E-state index contributed by atoms with van der Waals surface area (Å²) in [7, 11) is -3.48. The molecule has 2 saturated heterocycles. The number of nitrogens with zero attached hydrogens (tertiary/aromatic N) is 3. The van der Waals surface area contributed by atoms with Crippen LogP contribution < -0.4 is 5.32 Å². The molecule has 1 N–H and O–H groups in total. The van der Waals surface area contributed by atoms with Crippen LogP contribution >= 0.6 is 0 Å². The first-order chi connectivity index (χ1) is 15.4. The Morgan fingerprint density at radius 3 is 2.19 bits per heavy atom. The molecule has 9 nitrogen and oxygen atoms in total. The van der Waals surface area contributed by atoms with E-state index < -0.39 is 22.2 Å². The predicted molar refractivity (Wildman–Crippen MR) is 118 cm³/mol. The van der Waals surface area contributed by atoms with Gasteiger partial charge in [-0.2, -0.15) is 17.0 Å². The minimum atomic E-state index is -3.48. The van der Waals surface area contributed by atoms with E-state index in [0.29, 0.717) is 19.5 Å². The van der Waals surface area contributed by atoms with Crippen LogP contribution in [0.1, 0.15) is 29.0 Å². The molecule has 2 aliphatic heterocycles. The lowest BCUT2D eigenvalue weighted by Gasteiger charge is -2.37. The standard InChI is InChI=1S/C22H28N4O5S/c27-21(20-9-6-16-31-20)23-19(17-18-7-2-1-3-8-18)22(28)24-12-14-26(15-13-24)32(29,30)25-10-4-5-11-25/h1-3,6-9,16,19H,4-5,10-15,17H2,(H,23,27). The molecule has 1 aromatic heterocycles. The van der Waals surface area contributed by atoms with Crippen LogP contribution in [-0.2, 0) is 21.4 Å². The predicted octanol–water partition coefficient (Wildman–Crippen LogP) is 1.11. The maximum Gasteiger partial charge on any atom is 0.287 e. The van der Waals surface area contributed by atoms with Crippen molar-refractivity contribution in [1.82, 2.24) is 18.8 Å². The SMILES string of the molecule is O=C(NC(Cc1ccccc1)C(=O)N1CCN(S(=O)(=O)N2CCCC2)CC1)c1ccco1. The van der Waals surface area contributed by atoms with Crippen molar-refractivity contribution in [2.75, 3.05) is 39.3 Å². The van der Waals surface area contributed by atoms with Gasteiger partial charge < -0.3 is 14.6 Å². The van der Waals surface area contributed by atoms with Crippen LogP contribution in [0.5, 0.6) is 0 Å². The summed E-state index contributed by atoms with van der Waals surface area (Å²) in [4.78, 5) is 27.5. The van der Waals surface area contributed by atoms with E-state index >= 15 is 0 Å². The Morgan fingerprint density at radius 1 is 0.906 bits per heavy atom. The van der Waals surface area contributed by atoms with Gasteiger partial charge in [-0.05, 0) is 30.5 Å². The maximum atomic E-state index is 13.3. The molecule has 10 heteroatoms. The van der Waals surface area contributed by atoms with E-state index in [1.165, 1.54) is 14.9 Å². The molecule has 0 aliphatic carbocycles. The summed E-state index contributed by atoms with van der Waals surface area (Å²) in [6.45, 7) is 2.17. The van der Waals surface area contributed by atoms with Gasteiger partial charge in [0.2, 0.25) is 5.91 Å². The number of furan rings is 1. The molecule has 3 heterocycles. The average Bonchev–Trinajstić information content (AvgIpc) is 3.54. The number of carbonyl (C=O) groups is 2. The second-order valence-electron chi connectivity index (χ2n) is 8.03. The molecule has 0 spiro atoms. The van der Waals surface area contributed by atoms with E-state index in [1.807, 2.05) is 30.3 Å². The Balaban J connectivity index is 1.43. The molecule has 1 aromatic carbocycles. The van der Waals surface area contributed by atoms with Gasteiger partial charge in [0.25, 0.3) is 16.1 Å². The van der Waals surface area contributed by atoms with Crippen molar-refractivity contribution < 1.29 is 22.4 Å². The van der Waals surface area contributed by atoms with Gasteiger partial charge in [-0.3, -0.25) is 9.59 Å². The first kappa shape index (κ1) is 22.5. The molecule has 32 heavy (non-hydrogen) atoms. The van der Waals surface area contributed by atoms with Crippen molar-refractivity contribution in [3.8, 4) is 0 Å². The van der Waals surface area contributed by atoms with Crippen molar-refractivity contribution >= 4 is 22.0 Å². The van der Waals surface area contributed by atoms with E-state index in [2.05, 4.69) is 5.32 Å². The van der Waals surface area contributed by atoms with Crippen molar-refractivity contribution in [2.24, 2.45) is 0 Å². The smallest absolute Gasteiger partial charge is 0.287 e. The lowest BCUT2D eigenvalue weighted by Crippen LogP contribution is -2.57. The van der Waals surface area contributed by atoms with Crippen LogP contribution in [-0.4, -0.2) is 79.1 Å². The largest absolute Gasteiger partial charge is 0.459 e. The Morgan fingerprint density at radius 2 is 1.56 bits per heavy atom. The van der Waals surface area contributed by atoms with Crippen molar-refractivity contribution in [3.05, 3.63) is 60.1 Å². The quantitative estimate of drug-likeness (QED) is 0.667. The highest BCUT2D eigenvalue weighted by molar-refractivity contribution is 7.86. The lowest BCUT2D eigenvalue weighted by molar-refractivity contribution is -0.134. The summed E-state index contributed by atoms with van der Waals surface area (Å²) < 4.78 is 33.7. The van der Waals surface area contributed by atoms with Crippen molar-refractivity contribution in [1.29, 1.82) is 0 Å². The summed E-state index contributed by atoms with van der Waals surface area (Å²) in [5, 5.41) is 2.79. The van der Waals surface area contributed by atoms with Gasteiger partial charge in [0.1, 0.15) is 6.04 Å². The van der Waals surface area contributed by atoms with Crippen LogP contribution in [0.15, 0.2) is 53.1 Å². The van der Waals surface area contributed by atoms with Crippen molar-refractivity contribution in [3.63, 3.8) is 0 Å². The first-order valence-corrected chi connectivity index (χ1v) is 12.3. The zero-order valence-electron chi connectivity index (χ0n) is 17.9. The molecule has 172 valence electrons. The zero-order valence-corrected chi connectivity index (χ0v) is 18.7. The minimum absolute atomic E-state index is 0.136. The lowest BCUT2D eigenvalue weighted by atomic mass is 10.0. The Kier molecular flexibility index (Phi) is 6.92. The Hall–Kier alpha value is -2.69. The summed E-state index contributed by atoms with van der Waals surface area (Å²) in [6, 6.07) is 11.8. The zero-order chi connectivity index (χ0) is 22.6. The number of piperazine rings is 1. The van der Waals surface area contributed by atoms with Crippen LogP contribution in [0, 0.1) is 0 Å². The second kappa shape index (κ2) is 9.85. The fourth-order valence-electron chi connectivity index (χ4n) is 4.13. The van der Waals surface area contributed by atoms with Crippen LogP contribution in [0.4, 0.5) is 0 Å². The van der Waals surface area contributed by atoms with E-state index in [1.54, 1.807) is 17.0 Å². The highest BCUT2D eigenvalue weighted by Crippen LogP contribution is 2.19. The normalized spacial score (nSPS) is 19.1. The molecule has 2 aromatic rings. The molecule has 2 aliphatic rings. The second-order valence-corrected chi connectivity index (χ2v) is 9.96. The molecule has 2 fully saturated rings. The molecule has 0 radical (unpaired) electrons. The van der Waals surface area contributed by atoms with Crippen LogP contribution in [0.25, 0.3) is 0 Å². The number of hydrogen-bond acceptors (Lipinski definition) is 5. The van der Waals surface area contributed by atoms with Gasteiger partial charge in [-0.1, -0.05) is 30.3 Å². The van der Waals surface area contributed by atoms with Gasteiger partial charge in [0, 0.05) is 45.7 Å². The van der Waals surface area contributed by atoms with Crippen LogP contribution in [0.3, 0.4) is 0 Å². The summed E-state index contributed by atoms with van der Waals surface area (Å²) >= 11 is 0. The van der Waals surface area contributed by atoms with Gasteiger partial charge in [-0.25, -0.2) is 0 Å². The molecule has 0 bridgehead atoms. The summed E-state index contributed by atoms with van der Waals surface area (Å²) in [5.41, 5.74) is 0.917. The summed E-state index contributed by atoms with van der Waals surface area (Å²) in [5.74, 6) is -0.552. The first-order valence-electron chi connectivity index (χ1n) is 10.9. The molecule has 2 amide bonds. The van der Waals surface area contributed by atoms with Gasteiger partial charge in [-0.15, -0.1) is 0 Å². The van der Waals surface area contributed by atoms with E-state index in [-0.39, 0.29) is 37.8 Å². The molecule has 1 atom stereocenters. The fourth-order valence-corrected chi connectivity index (χ4v) is 5.80. The number of carbonyl (C=O) groups excluding carboxylic acids is 2. The molecule has 4 rings (SSSR count). The van der Waals surface area contributed by atoms with Crippen molar-refractivity contribution in [2.45, 2.75) is 25.3 Å². The minimum Gasteiger partial charge on any atom is -0.459 e. The highest BCUT2D eigenvalue weighted by Gasteiger charge is 2.36. The van der Waals surface area contributed by atoms with E-state index in [4.69, 9.17) is 4.42 Å². The third-order valence-corrected chi connectivity index (χ3v) is 7.93. The number of rotatable bonds is 7. The van der Waals surface area contributed by atoms with E-state index in [0.717, 1.165) is 18.4 Å². The number of benzene rings is 1. The van der Waals surface area contributed by atoms with Gasteiger partial charge in [0.15, 0.2) is 5.76 Å². The molecule has 0 saturated carbocycles. The third kappa shape index (κ3) is 5.03. The maximum absolute atomic E-state index is 13.3. The van der Waals surface area contributed by atoms with E-state index in [9.17, 15) is 18.0 Å². The Labute approximate surface area is 188 Å². The molecular weight excluding hydrogens is 432 g/mol. The monoisotopic (exact) mass is 460 g/mol. The third-order valence-electron chi connectivity index (χ3n) is 5.90. The van der Waals surface area contributed by atoms with Gasteiger partial charge in [0.05, 0.1) is 6.26 Å². The number of hydrogen-bond donors (Lipinski definition) is 1. The van der Waals surface area contributed by atoms with Crippen LogP contribution in [0.2, 0.25) is 0 Å². The fraction of sp³-hybridized carbons (Fsp3) is 0.455. The number of nitrogens with one attached hydrogen (secondary N) is 1. The number of amides is 2. The highest BCUT2D eigenvalue weighted by atomic mass is 32.2. The molecular formula is C22H28N4O5S. The average molecular weight is 461 g/mol. The van der Waals surface area contributed by atoms with Gasteiger partial charge >= 0.3 is 0 Å². The summed E-state index contributed by atoms with van der Waals surface area (Å²) in [6.07, 6.45) is 3.50. The molecule has 1 unspecified atom stereocenters. The Bertz CT molecular complexity index is 1010. The topological polar surface area (TPSA) is 103 Å².